The summed E-state index contributed by atoms with van der Waals surface area (Å²) >= 11 is 0. The normalized spacial score (nSPS) is 16.8. The lowest BCUT2D eigenvalue weighted by atomic mass is 10.0. The second-order valence-corrected chi connectivity index (χ2v) is 7.08. The third kappa shape index (κ3) is 4.94. The van der Waals surface area contributed by atoms with E-state index in [0.717, 1.165) is 31.9 Å². The number of aromatic nitrogens is 2. The first kappa shape index (κ1) is 20.0. The van der Waals surface area contributed by atoms with Crippen LogP contribution in [0.15, 0.2) is 24.4 Å². The van der Waals surface area contributed by atoms with Gasteiger partial charge in [-0.15, -0.1) is 0 Å². The number of halogens is 2. The van der Waals surface area contributed by atoms with Crippen LogP contribution in [0, 0.1) is 11.6 Å². The van der Waals surface area contributed by atoms with Gasteiger partial charge in [-0.1, -0.05) is 0 Å². The van der Waals surface area contributed by atoms with Crippen molar-refractivity contribution < 1.29 is 18.4 Å². The second-order valence-electron chi connectivity index (χ2n) is 7.08. The molecule has 2 N–H and O–H groups in total. The van der Waals surface area contributed by atoms with Crippen LogP contribution in [-0.4, -0.2) is 39.3 Å². The minimum atomic E-state index is -0.690. The van der Waals surface area contributed by atoms with E-state index in [1.54, 1.807) is 0 Å². The van der Waals surface area contributed by atoms with E-state index in [1.807, 2.05) is 11.8 Å². The van der Waals surface area contributed by atoms with E-state index in [9.17, 15) is 18.4 Å². The molecule has 1 fully saturated rings. The highest BCUT2D eigenvalue weighted by Crippen LogP contribution is 2.21. The van der Waals surface area contributed by atoms with Crippen molar-refractivity contribution in [2.45, 2.75) is 51.6 Å². The van der Waals surface area contributed by atoms with Crippen LogP contribution in [0.3, 0.4) is 0 Å². The Morgan fingerprint density at radius 3 is 2.86 bits per heavy atom. The number of nitrogens with zero attached hydrogens (tertiary/aromatic N) is 2. The Bertz CT molecular complexity index is 852. The molecule has 2 heterocycles. The smallest absolute Gasteiger partial charge is 0.223 e. The average molecular weight is 390 g/mol. The molecular weight excluding hydrogens is 366 g/mol. The maximum absolute atomic E-state index is 13.8. The molecule has 1 saturated heterocycles. The quantitative estimate of drug-likeness (QED) is 0.795. The maximum Gasteiger partial charge on any atom is 0.223 e. The largest absolute Gasteiger partial charge is 0.349 e. The lowest BCUT2D eigenvalue weighted by Crippen LogP contribution is -2.42. The molecule has 2 aromatic rings. The molecule has 0 spiro atoms. The first-order valence-corrected chi connectivity index (χ1v) is 9.49. The topological polar surface area (TPSA) is 78.1 Å². The van der Waals surface area contributed by atoms with Crippen LogP contribution in [0.2, 0.25) is 0 Å². The monoisotopic (exact) mass is 390 g/mol. The van der Waals surface area contributed by atoms with E-state index in [-0.39, 0.29) is 42.8 Å². The number of likely N-dealkylation sites (tertiary alicyclic amines) is 1. The first-order chi connectivity index (χ1) is 13.4. The fraction of sp³-hybridized carbons (Fsp3) is 0.450. The van der Waals surface area contributed by atoms with Crippen LogP contribution in [0.25, 0.3) is 11.3 Å². The zero-order valence-corrected chi connectivity index (χ0v) is 15.8. The Morgan fingerprint density at radius 1 is 1.29 bits per heavy atom. The van der Waals surface area contributed by atoms with E-state index in [0.29, 0.717) is 11.5 Å². The third-order valence-electron chi connectivity index (χ3n) is 4.99. The third-order valence-corrected chi connectivity index (χ3v) is 4.99. The van der Waals surface area contributed by atoms with E-state index in [1.165, 1.54) is 18.3 Å². The lowest BCUT2D eigenvalue weighted by Gasteiger charge is -2.33. The SMILES string of the molecule is CC1CCCCN1C(=O)CCC(=O)NCc1ncc(-c2ccc(F)cc2F)[nH]1. The number of imidazole rings is 1. The van der Waals surface area contributed by atoms with Gasteiger partial charge in [0.05, 0.1) is 18.4 Å². The molecule has 1 aromatic carbocycles. The number of piperidine rings is 1. The summed E-state index contributed by atoms with van der Waals surface area (Å²) in [5.74, 6) is -1.13. The minimum Gasteiger partial charge on any atom is -0.349 e. The van der Waals surface area contributed by atoms with E-state index >= 15 is 0 Å². The molecule has 0 aliphatic carbocycles. The van der Waals surface area contributed by atoms with Gasteiger partial charge in [0.25, 0.3) is 0 Å². The van der Waals surface area contributed by atoms with Crippen LogP contribution in [0.5, 0.6) is 0 Å². The Balaban J connectivity index is 1.47. The predicted octanol–water partition coefficient (Wildman–Crippen LogP) is 3.15. The van der Waals surface area contributed by atoms with Crippen LogP contribution in [0.1, 0.15) is 44.9 Å². The van der Waals surface area contributed by atoms with Crippen molar-refractivity contribution in [3.63, 3.8) is 0 Å². The van der Waals surface area contributed by atoms with E-state index in [4.69, 9.17) is 0 Å². The van der Waals surface area contributed by atoms with Gasteiger partial charge >= 0.3 is 0 Å². The number of benzene rings is 1. The second kappa shape index (κ2) is 8.95. The molecule has 150 valence electrons. The molecule has 3 rings (SSSR count). The highest BCUT2D eigenvalue weighted by atomic mass is 19.1. The Kier molecular flexibility index (Phi) is 6.38. The zero-order chi connectivity index (χ0) is 20.1. The van der Waals surface area contributed by atoms with Gasteiger partial charge in [0, 0.05) is 37.1 Å². The summed E-state index contributed by atoms with van der Waals surface area (Å²) in [5.41, 5.74) is 0.601. The number of H-pyrrole nitrogens is 1. The maximum atomic E-state index is 13.8. The van der Waals surface area contributed by atoms with Crippen LogP contribution in [-0.2, 0) is 16.1 Å². The summed E-state index contributed by atoms with van der Waals surface area (Å²) in [7, 11) is 0. The Hall–Kier alpha value is -2.77. The van der Waals surface area contributed by atoms with Crippen LogP contribution < -0.4 is 5.32 Å². The van der Waals surface area contributed by atoms with Gasteiger partial charge in [0.1, 0.15) is 17.5 Å². The molecule has 8 heteroatoms. The van der Waals surface area contributed by atoms with E-state index < -0.39 is 11.6 Å². The summed E-state index contributed by atoms with van der Waals surface area (Å²) < 4.78 is 26.8. The summed E-state index contributed by atoms with van der Waals surface area (Å²) in [4.78, 5) is 33.2. The Labute approximate surface area is 162 Å². The highest BCUT2D eigenvalue weighted by molar-refractivity contribution is 5.83. The molecule has 1 aliphatic heterocycles. The van der Waals surface area contributed by atoms with Gasteiger partial charge in [-0.05, 0) is 38.3 Å². The number of rotatable bonds is 6. The first-order valence-electron chi connectivity index (χ1n) is 9.49. The number of aromatic amines is 1. The highest BCUT2D eigenvalue weighted by Gasteiger charge is 2.23. The number of carbonyl (C=O) groups excluding carboxylic acids is 2. The molecule has 2 amide bonds. The molecule has 0 saturated carbocycles. The van der Waals surface area contributed by atoms with Gasteiger partial charge < -0.3 is 15.2 Å². The Morgan fingerprint density at radius 2 is 2.11 bits per heavy atom. The summed E-state index contributed by atoms with van der Waals surface area (Å²) in [6, 6.07) is 3.53. The molecular formula is C20H24F2N4O2. The van der Waals surface area contributed by atoms with Crippen molar-refractivity contribution in [2.75, 3.05) is 6.54 Å². The summed E-state index contributed by atoms with van der Waals surface area (Å²) in [6.45, 7) is 2.93. The predicted molar refractivity (Wildman–Crippen MR) is 100 cm³/mol. The van der Waals surface area contributed by atoms with E-state index in [2.05, 4.69) is 15.3 Å². The molecule has 1 aliphatic rings. The summed E-state index contributed by atoms with van der Waals surface area (Å²) in [6.07, 6.45) is 4.88. The number of carbonyl (C=O) groups is 2. The molecule has 28 heavy (non-hydrogen) atoms. The van der Waals surface area contributed by atoms with Gasteiger partial charge in [0.2, 0.25) is 11.8 Å². The van der Waals surface area contributed by atoms with Gasteiger partial charge in [0.15, 0.2) is 0 Å². The number of hydrogen-bond donors (Lipinski definition) is 2. The molecule has 0 bridgehead atoms. The number of hydrogen-bond acceptors (Lipinski definition) is 3. The lowest BCUT2D eigenvalue weighted by molar-refractivity contribution is -0.136. The van der Waals surface area contributed by atoms with Crippen molar-refractivity contribution in [3.8, 4) is 11.3 Å². The van der Waals surface area contributed by atoms with Gasteiger partial charge in [-0.25, -0.2) is 13.8 Å². The van der Waals surface area contributed by atoms with Crippen molar-refractivity contribution in [2.24, 2.45) is 0 Å². The molecule has 1 atom stereocenters. The van der Waals surface area contributed by atoms with Crippen molar-refractivity contribution in [1.82, 2.24) is 20.2 Å². The standard InChI is InChI=1S/C20H24F2N4O2/c1-13-4-2-3-9-26(13)20(28)8-7-19(27)24-12-18-23-11-17(25-18)15-6-5-14(21)10-16(15)22/h5-6,10-11,13H,2-4,7-9,12H2,1H3,(H,23,25)(H,24,27). The molecule has 6 nitrogen and oxygen atoms in total. The number of amides is 2. The molecule has 1 aromatic heterocycles. The van der Waals surface area contributed by atoms with Gasteiger partial charge in [-0.2, -0.15) is 0 Å². The van der Waals surface area contributed by atoms with Crippen molar-refractivity contribution in [1.29, 1.82) is 0 Å². The summed E-state index contributed by atoms with van der Waals surface area (Å²) in [5, 5.41) is 2.70. The average Bonchev–Trinajstić information content (AvgIpc) is 3.13. The van der Waals surface area contributed by atoms with Gasteiger partial charge in [-0.3, -0.25) is 9.59 Å². The van der Waals surface area contributed by atoms with Crippen molar-refractivity contribution >= 4 is 11.8 Å². The number of nitrogens with one attached hydrogen (secondary N) is 2. The fourth-order valence-electron chi connectivity index (χ4n) is 3.40. The van der Waals surface area contributed by atoms with Crippen LogP contribution >= 0.6 is 0 Å². The van der Waals surface area contributed by atoms with Crippen LogP contribution in [0.4, 0.5) is 8.78 Å². The molecule has 1 unspecified atom stereocenters. The zero-order valence-electron chi connectivity index (χ0n) is 15.8. The minimum absolute atomic E-state index is 0.00872. The molecule has 0 radical (unpaired) electrons. The fourth-order valence-corrected chi connectivity index (χ4v) is 3.40. The van der Waals surface area contributed by atoms with Crippen molar-refractivity contribution in [3.05, 3.63) is 41.9 Å².